The molecule has 1 aromatic heterocycles. The standard InChI is InChI=1S/C14H21N3O2S/c1-2-6-16-13-5-7-15-9-14(13)20(18,19)17-10-11-3-4-12(17)8-11/h5,7,9,11-12H,2-4,6,8,10H2,1H3,(H,15,16). The molecule has 2 fully saturated rings. The Bertz CT molecular complexity index is 588. The van der Waals surface area contributed by atoms with Crippen molar-refractivity contribution in [3.8, 4) is 0 Å². The maximum atomic E-state index is 12.9. The molecule has 20 heavy (non-hydrogen) atoms. The Morgan fingerprint density at radius 1 is 1.45 bits per heavy atom. The number of pyridine rings is 1. The number of nitrogens with zero attached hydrogens (tertiary/aromatic N) is 2. The highest BCUT2D eigenvalue weighted by atomic mass is 32.2. The van der Waals surface area contributed by atoms with Gasteiger partial charge in [0.2, 0.25) is 10.0 Å². The van der Waals surface area contributed by atoms with Crippen LogP contribution in [0.3, 0.4) is 0 Å². The highest BCUT2D eigenvalue weighted by Crippen LogP contribution is 2.41. The van der Waals surface area contributed by atoms with E-state index < -0.39 is 10.0 Å². The van der Waals surface area contributed by atoms with Crippen LogP contribution in [0.5, 0.6) is 0 Å². The SMILES string of the molecule is CCCNc1ccncc1S(=O)(=O)N1CC2CCC1C2. The van der Waals surface area contributed by atoms with Crippen molar-refractivity contribution in [2.45, 2.75) is 43.5 Å². The van der Waals surface area contributed by atoms with Gasteiger partial charge in [-0.1, -0.05) is 6.92 Å². The molecule has 5 nitrogen and oxygen atoms in total. The van der Waals surface area contributed by atoms with Crippen molar-refractivity contribution < 1.29 is 8.42 Å². The van der Waals surface area contributed by atoms with Gasteiger partial charge in [-0.2, -0.15) is 4.31 Å². The summed E-state index contributed by atoms with van der Waals surface area (Å²) in [5, 5.41) is 3.19. The molecule has 1 N–H and O–H groups in total. The van der Waals surface area contributed by atoms with Gasteiger partial charge in [-0.15, -0.1) is 0 Å². The van der Waals surface area contributed by atoms with Gasteiger partial charge in [-0.3, -0.25) is 4.98 Å². The summed E-state index contributed by atoms with van der Waals surface area (Å²) in [5.41, 5.74) is 0.671. The van der Waals surface area contributed by atoms with Crippen LogP contribution in [-0.2, 0) is 10.0 Å². The van der Waals surface area contributed by atoms with Crippen LogP contribution in [0.25, 0.3) is 0 Å². The lowest BCUT2D eigenvalue weighted by atomic mass is 10.1. The minimum atomic E-state index is -3.42. The molecule has 0 radical (unpaired) electrons. The third-order valence-corrected chi connectivity index (χ3v) is 6.24. The van der Waals surface area contributed by atoms with Gasteiger partial charge in [0.05, 0.1) is 5.69 Å². The molecule has 1 aliphatic carbocycles. The van der Waals surface area contributed by atoms with Crippen LogP contribution in [-0.4, -0.2) is 36.8 Å². The largest absolute Gasteiger partial charge is 0.384 e. The second kappa shape index (κ2) is 5.33. The van der Waals surface area contributed by atoms with E-state index >= 15 is 0 Å². The van der Waals surface area contributed by atoms with Gasteiger partial charge < -0.3 is 5.32 Å². The molecule has 3 rings (SSSR count). The Balaban J connectivity index is 1.91. The molecule has 1 saturated heterocycles. The molecular formula is C14H21N3O2S. The molecule has 0 amide bonds. The van der Waals surface area contributed by atoms with Gasteiger partial charge in [-0.05, 0) is 37.7 Å². The van der Waals surface area contributed by atoms with E-state index in [9.17, 15) is 8.42 Å². The Kier molecular flexibility index (Phi) is 3.69. The van der Waals surface area contributed by atoms with E-state index in [1.54, 1.807) is 16.6 Å². The molecule has 2 bridgehead atoms. The fourth-order valence-electron chi connectivity index (χ4n) is 3.29. The molecule has 2 atom stereocenters. The molecule has 1 aliphatic heterocycles. The molecule has 1 aromatic rings. The Morgan fingerprint density at radius 3 is 2.95 bits per heavy atom. The maximum absolute atomic E-state index is 12.9. The van der Waals surface area contributed by atoms with Gasteiger partial charge >= 0.3 is 0 Å². The Morgan fingerprint density at radius 2 is 2.30 bits per heavy atom. The van der Waals surface area contributed by atoms with E-state index in [0.29, 0.717) is 23.0 Å². The molecule has 0 aromatic carbocycles. The lowest BCUT2D eigenvalue weighted by molar-refractivity contribution is 0.333. The van der Waals surface area contributed by atoms with Gasteiger partial charge in [0.15, 0.2) is 0 Å². The van der Waals surface area contributed by atoms with Crippen molar-refractivity contribution in [1.82, 2.24) is 9.29 Å². The van der Waals surface area contributed by atoms with Crippen molar-refractivity contribution >= 4 is 15.7 Å². The zero-order valence-electron chi connectivity index (χ0n) is 11.7. The summed E-state index contributed by atoms with van der Waals surface area (Å²) in [5.74, 6) is 0.554. The first-order valence-electron chi connectivity index (χ1n) is 7.32. The summed E-state index contributed by atoms with van der Waals surface area (Å²) in [4.78, 5) is 4.33. The zero-order chi connectivity index (χ0) is 14.2. The highest BCUT2D eigenvalue weighted by Gasteiger charge is 2.44. The van der Waals surface area contributed by atoms with E-state index in [2.05, 4.69) is 17.2 Å². The van der Waals surface area contributed by atoms with Crippen molar-refractivity contribution in [1.29, 1.82) is 0 Å². The van der Waals surface area contributed by atoms with Crippen LogP contribution in [0.2, 0.25) is 0 Å². The molecule has 110 valence electrons. The Labute approximate surface area is 120 Å². The minimum absolute atomic E-state index is 0.198. The summed E-state index contributed by atoms with van der Waals surface area (Å²) in [6.07, 6.45) is 7.26. The number of nitrogens with one attached hydrogen (secondary N) is 1. The average molecular weight is 295 g/mol. The van der Waals surface area contributed by atoms with E-state index in [-0.39, 0.29) is 6.04 Å². The molecule has 1 saturated carbocycles. The van der Waals surface area contributed by atoms with Gasteiger partial charge in [-0.25, -0.2) is 8.42 Å². The van der Waals surface area contributed by atoms with Crippen molar-refractivity contribution in [2.75, 3.05) is 18.4 Å². The van der Waals surface area contributed by atoms with Crippen LogP contribution in [0.15, 0.2) is 23.4 Å². The fourth-order valence-corrected chi connectivity index (χ4v) is 5.15. The van der Waals surface area contributed by atoms with Gasteiger partial charge in [0.1, 0.15) is 4.90 Å². The minimum Gasteiger partial charge on any atom is -0.384 e. The molecule has 2 aliphatic rings. The number of fused-ring (bicyclic) bond motifs is 2. The lowest BCUT2D eigenvalue weighted by Gasteiger charge is -2.27. The maximum Gasteiger partial charge on any atom is 0.246 e. The number of sulfonamides is 1. The zero-order valence-corrected chi connectivity index (χ0v) is 12.6. The van der Waals surface area contributed by atoms with E-state index in [1.165, 1.54) is 12.6 Å². The third kappa shape index (κ3) is 2.31. The van der Waals surface area contributed by atoms with Crippen LogP contribution in [0.4, 0.5) is 5.69 Å². The summed E-state index contributed by atoms with van der Waals surface area (Å²) < 4.78 is 27.4. The molecule has 0 spiro atoms. The van der Waals surface area contributed by atoms with Crippen LogP contribution in [0.1, 0.15) is 32.6 Å². The van der Waals surface area contributed by atoms with E-state index in [4.69, 9.17) is 0 Å². The topological polar surface area (TPSA) is 62.3 Å². The fraction of sp³-hybridized carbons (Fsp3) is 0.643. The summed E-state index contributed by atoms with van der Waals surface area (Å²) in [6.45, 7) is 3.50. The van der Waals surface area contributed by atoms with Gasteiger partial charge in [0, 0.05) is 31.5 Å². The van der Waals surface area contributed by atoms with Crippen molar-refractivity contribution in [3.63, 3.8) is 0 Å². The highest BCUT2D eigenvalue weighted by molar-refractivity contribution is 7.89. The van der Waals surface area contributed by atoms with E-state index in [0.717, 1.165) is 25.8 Å². The molecular weight excluding hydrogens is 274 g/mol. The lowest BCUT2D eigenvalue weighted by Crippen LogP contribution is -2.38. The van der Waals surface area contributed by atoms with Crippen LogP contribution in [0, 0.1) is 5.92 Å². The number of hydrogen-bond donors (Lipinski definition) is 1. The second-order valence-electron chi connectivity index (χ2n) is 5.71. The smallest absolute Gasteiger partial charge is 0.246 e. The monoisotopic (exact) mass is 295 g/mol. The predicted molar refractivity (Wildman–Crippen MR) is 78.0 cm³/mol. The Hall–Kier alpha value is -1.14. The second-order valence-corrected chi connectivity index (χ2v) is 7.57. The van der Waals surface area contributed by atoms with Crippen molar-refractivity contribution in [2.24, 2.45) is 5.92 Å². The number of piperidine rings is 1. The molecule has 2 unspecified atom stereocenters. The number of aromatic nitrogens is 1. The van der Waals surface area contributed by atoms with Crippen molar-refractivity contribution in [3.05, 3.63) is 18.5 Å². The van der Waals surface area contributed by atoms with Gasteiger partial charge in [0.25, 0.3) is 0 Å². The summed E-state index contributed by atoms with van der Waals surface area (Å²) >= 11 is 0. The third-order valence-electron chi connectivity index (χ3n) is 4.30. The molecule has 2 heterocycles. The first-order valence-corrected chi connectivity index (χ1v) is 8.76. The number of hydrogen-bond acceptors (Lipinski definition) is 4. The van der Waals surface area contributed by atoms with E-state index in [1.807, 2.05) is 0 Å². The average Bonchev–Trinajstić information content (AvgIpc) is 3.08. The summed E-state index contributed by atoms with van der Waals surface area (Å²) in [6, 6.07) is 1.95. The van der Waals surface area contributed by atoms with Crippen LogP contribution < -0.4 is 5.32 Å². The first-order chi connectivity index (χ1) is 9.63. The first kappa shape index (κ1) is 13.8. The predicted octanol–water partition coefficient (Wildman–Crippen LogP) is 2.08. The number of anilines is 1. The quantitative estimate of drug-likeness (QED) is 0.903. The normalized spacial score (nSPS) is 26.1. The number of rotatable bonds is 5. The summed E-state index contributed by atoms with van der Waals surface area (Å²) in [7, 11) is -3.42. The molecule has 6 heteroatoms. The van der Waals surface area contributed by atoms with Crippen LogP contribution >= 0.6 is 0 Å².